The van der Waals surface area contributed by atoms with E-state index in [9.17, 15) is 9.59 Å². The lowest BCUT2D eigenvalue weighted by Gasteiger charge is -2.44. The van der Waals surface area contributed by atoms with Crippen molar-refractivity contribution in [3.63, 3.8) is 0 Å². The SMILES string of the molecule is C[C@@H](N(C)C(=O)OC(C)(C)C)C1(C)CCC(C(=O)O)CC1. The summed E-state index contributed by atoms with van der Waals surface area (Å²) in [6.07, 6.45) is 2.67. The lowest BCUT2D eigenvalue weighted by molar-refractivity contribution is -0.144. The van der Waals surface area contributed by atoms with Crippen LogP contribution in [-0.2, 0) is 9.53 Å². The Labute approximate surface area is 127 Å². The van der Waals surface area contributed by atoms with Crippen molar-refractivity contribution in [1.29, 1.82) is 0 Å². The summed E-state index contributed by atoms with van der Waals surface area (Å²) in [5.41, 5.74) is -0.565. The van der Waals surface area contributed by atoms with E-state index in [1.165, 1.54) is 0 Å². The molecule has 0 heterocycles. The third kappa shape index (κ3) is 4.61. The van der Waals surface area contributed by atoms with Gasteiger partial charge in [0.25, 0.3) is 0 Å². The van der Waals surface area contributed by atoms with E-state index in [1.807, 2.05) is 27.7 Å². The minimum absolute atomic E-state index is 0.0158. The van der Waals surface area contributed by atoms with Gasteiger partial charge in [-0.3, -0.25) is 4.79 Å². The number of carboxylic acid groups (broad SMARTS) is 1. The van der Waals surface area contributed by atoms with Gasteiger partial charge >= 0.3 is 12.1 Å². The monoisotopic (exact) mass is 299 g/mol. The summed E-state index contributed by atoms with van der Waals surface area (Å²) < 4.78 is 5.41. The molecule has 0 aromatic rings. The van der Waals surface area contributed by atoms with Crippen molar-refractivity contribution in [3.8, 4) is 0 Å². The van der Waals surface area contributed by atoms with Crippen LogP contribution in [0.4, 0.5) is 4.79 Å². The Balaban J connectivity index is 2.67. The Morgan fingerprint density at radius 3 is 2.14 bits per heavy atom. The first-order chi connectivity index (χ1) is 9.46. The van der Waals surface area contributed by atoms with Crippen molar-refractivity contribution in [3.05, 3.63) is 0 Å². The summed E-state index contributed by atoms with van der Waals surface area (Å²) in [6.45, 7) is 9.71. The maximum Gasteiger partial charge on any atom is 0.410 e. The first-order valence-electron chi connectivity index (χ1n) is 7.65. The molecule has 0 aromatic carbocycles. The summed E-state index contributed by atoms with van der Waals surface area (Å²) in [5.74, 6) is -0.942. The maximum absolute atomic E-state index is 12.2. The van der Waals surface area contributed by atoms with Crippen LogP contribution in [0.2, 0.25) is 0 Å². The zero-order chi connectivity index (χ0) is 16.4. The van der Waals surface area contributed by atoms with Crippen LogP contribution in [0, 0.1) is 11.3 Å². The molecule has 0 radical (unpaired) electrons. The van der Waals surface area contributed by atoms with Crippen LogP contribution in [0.25, 0.3) is 0 Å². The van der Waals surface area contributed by atoms with E-state index in [1.54, 1.807) is 11.9 Å². The van der Waals surface area contributed by atoms with Gasteiger partial charge in [0.2, 0.25) is 0 Å². The topological polar surface area (TPSA) is 66.8 Å². The predicted octanol–water partition coefficient (Wildman–Crippen LogP) is 3.52. The van der Waals surface area contributed by atoms with Crippen molar-refractivity contribution in [2.75, 3.05) is 7.05 Å². The number of ether oxygens (including phenoxy) is 1. The highest BCUT2D eigenvalue weighted by Crippen LogP contribution is 2.43. The quantitative estimate of drug-likeness (QED) is 0.865. The lowest BCUT2D eigenvalue weighted by Crippen LogP contribution is -2.48. The Morgan fingerprint density at radius 1 is 1.29 bits per heavy atom. The molecule has 1 amide bonds. The first kappa shape index (κ1) is 17.8. The summed E-state index contributed by atoms with van der Waals surface area (Å²) in [4.78, 5) is 24.9. The number of carboxylic acids is 1. The van der Waals surface area contributed by atoms with Crippen LogP contribution in [0.5, 0.6) is 0 Å². The summed E-state index contributed by atoms with van der Waals surface area (Å²) in [5, 5.41) is 9.09. The highest BCUT2D eigenvalue weighted by molar-refractivity contribution is 5.70. The van der Waals surface area contributed by atoms with Crippen LogP contribution in [-0.4, -0.2) is 40.8 Å². The molecule has 21 heavy (non-hydrogen) atoms. The van der Waals surface area contributed by atoms with Gasteiger partial charge in [0, 0.05) is 13.1 Å². The summed E-state index contributed by atoms with van der Waals surface area (Å²) in [6, 6.07) is 0.0158. The number of hydrogen-bond donors (Lipinski definition) is 1. The fraction of sp³-hybridized carbons (Fsp3) is 0.875. The van der Waals surface area contributed by atoms with Crippen molar-refractivity contribution >= 4 is 12.1 Å². The van der Waals surface area contributed by atoms with Gasteiger partial charge in [0.15, 0.2) is 0 Å². The molecule has 0 unspecified atom stereocenters. The highest BCUT2D eigenvalue weighted by atomic mass is 16.6. The van der Waals surface area contributed by atoms with Gasteiger partial charge in [-0.2, -0.15) is 0 Å². The average molecular weight is 299 g/mol. The zero-order valence-electron chi connectivity index (χ0n) is 14.1. The molecule has 0 spiro atoms. The molecule has 1 atom stereocenters. The Kier molecular flexibility index (Phi) is 5.29. The predicted molar refractivity (Wildman–Crippen MR) is 81.2 cm³/mol. The van der Waals surface area contributed by atoms with Crippen LogP contribution in [0.15, 0.2) is 0 Å². The van der Waals surface area contributed by atoms with Crippen LogP contribution < -0.4 is 0 Å². The molecule has 1 fully saturated rings. The van der Waals surface area contributed by atoms with E-state index in [0.717, 1.165) is 12.8 Å². The molecule has 0 aliphatic heterocycles. The molecule has 1 rings (SSSR count). The molecule has 5 heteroatoms. The second-order valence-electron chi connectivity index (χ2n) is 7.53. The van der Waals surface area contributed by atoms with E-state index in [4.69, 9.17) is 9.84 Å². The molecule has 5 nitrogen and oxygen atoms in total. The van der Waals surface area contributed by atoms with Crippen molar-refractivity contribution in [2.45, 2.75) is 71.9 Å². The van der Waals surface area contributed by atoms with Gasteiger partial charge in [0.1, 0.15) is 5.60 Å². The van der Waals surface area contributed by atoms with E-state index in [0.29, 0.717) is 12.8 Å². The standard InChI is InChI=1S/C16H29NO4/c1-11(17(6)14(20)21-15(2,3)4)16(5)9-7-12(8-10-16)13(18)19/h11-12H,7-10H2,1-6H3,(H,18,19)/t11-,12?,16?/m1/s1. The Morgan fingerprint density at radius 2 is 1.76 bits per heavy atom. The van der Waals surface area contributed by atoms with E-state index >= 15 is 0 Å². The van der Waals surface area contributed by atoms with Crippen LogP contribution in [0.1, 0.15) is 60.3 Å². The zero-order valence-corrected chi connectivity index (χ0v) is 14.1. The fourth-order valence-electron chi connectivity index (χ4n) is 2.90. The van der Waals surface area contributed by atoms with Gasteiger partial charge in [-0.25, -0.2) is 4.79 Å². The Bertz CT molecular complexity index is 392. The maximum atomic E-state index is 12.2. The average Bonchev–Trinajstić information content (AvgIpc) is 2.35. The molecule has 1 aliphatic rings. The smallest absolute Gasteiger partial charge is 0.410 e. The highest BCUT2D eigenvalue weighted by Gasteiger charge is 2.41. The number of aliphatic carboxylic acids is 1. The number of nitrogens with zero attached hydrogens (tertiary/aromatic N) is 1. The summed E-state index contributed by atoms with van der Waals surface area (Å²) in [7, 11) is 1.76. The lowest BCUT2D eigenvalue weighted by atomic mass is 9.67. The van der Waals surface area contributed by atoms with Gasteiger partial charge in [0.05, 0.1) is 5.92 Å². The van der Waals surface area contributed by atoms with Crippen molar-refractivity contribution in [1.82, 2.24) is 4.90 Å². The van der Waals surface area contributed by atoms with Crippen molar-refractivity contribution < 1.29 is 19.4 Å². The molecule has 1 saturated carbocycles. The fourth-order valence-corrected chi connectivity index (χ4v) is 2.90. The molecular formula is C16H29NO4. The third-order valence-electron chi connectivity index (χ3n) is 4.75. The molecule has 0 aromatic heterocycles. The number of amides is 1. The molecular weight excluding hydrogens is 270 g/mol. The molecule has 122 valence electrons. The minimum atomic E-state index is -0.704. The van der Waals surface area contributed by atoms with Gasteiger partial charge in [-0.1, -0.05) is 6.92 Å². The minimum Gasteiger partial charge on any atom is -0.481 e. The van der Waals surface area contributed by atoms with Gasteiger partial charge in [-0.05, 0) is 58.8 Å². The van der Waals surface area contributed by atoms with E-state index < -0.39 is 11.6 Å². The second-order valence-corrected chi connectivity index (χ2v) is 7.53. The van der Waals surface area contributed by atoms with Crippen LogP contribution in [0.3, 0.4) is 0 Å². The molecule has 1 N–H and O–H groups in total. The largest absolute Gasteiger partial charge is 0.481 e. The van der Waals surface area contributed by atoms with Crippen molar-refractivity contribution in [2.24, 2.45) is 11.3 Å². The molecule has 0 saturated heterocycles. The third-order valence-corrected chi connectivity index (χ3v) is 4.75. The normalized spacial score (nSPS) is 27.8. The van der Waals surface area contributed by atoms with E-state index in [2.05, 4.69) is 6.92 Å². The number of carbonyl (C=O) groups is 2. The van der Waals surface area contributed by atoms with Gasteiger partial charge < -0.3 is 14.7 Å². The molecule has 1 aliphatic carbocycles. The second kappa shape index (κ2) is 6.24. The molecule has 0 bridgehead atoms. The number of rotatable bonds is 3. The number of hydrogen-bond acceptors (Lipinski definition) is 3. The summed E-state index contributed by atoms with van der Waals surface area (Å²) >= 11 is 0. The van der Waals surface area contributed by atoms with Crippen LogP contribution >= 0.6 is 0 Å². The van der Waals surface area contributed by atoms with Gasteiger partial charge in [-0.15, -0.1) is 0 Å². The van der Waals surface area contributed by atoms with E-state index in [-0.39, 0.29) is 23.5 Å². The first-order valence-corrected chi connectivity index (χ1v) is 7.65. The number of carbonyl (C=O) groups excluding carboxylic acids is 1. The Hall–Kier alpha value is -1.26.